The lowest BCUT2D eigenvalue weighted by molar-refractivity contribution is 0.202. The summed E-state index contributed by atoms with van der Waals surface area (Å²) in [5.74, 6) is 0.874. The number of nitrogens with zero attached hydrogens (tertiary/aromatic N) is 3. The number of fused-ring (bicyclic) bond motifs is 1. The lowest BCUT2D eigenvalue weighted by Crippen LogP contribution is -2.43. The topological polar surface area (TPSA) is 116 Å². The monoisotopic (exact) mass is 408 g/mol. The van der Waals surface area contributed by atoms with Crippen molar-refractivity contribution in [3.8, 4) is 11.3 Å². The van der Waals surface area contributed by atoms with Crippen molar-refractivity contribution in [2.45, 2.75) is 51.5 Å². The second-order valence-electron chi connectivity index (χ2n) is 7.99. The summed E-state index contributed by atoms with van der Waals surface area (Å²) in [6, 6.07) is 5.35. The molecule has 0 bridgehead atoms. The van der Waals surface area contributed by atoms with Gasteiger partial charge in [0.15, 0.2) is 0 Å². The Morgan fingerprint density at radius 3 is 2.87 bits per heavy atom. The molecular weight excluding hydrogens is 380 g/mol. The van der Waals surface area contributed by atoms with Gasteiger partial charge in [0.05, 0.1) is 5.52 Å². The number of aliphatic hydroxyl groups is 1. The SMILES string of the molecule is Cc1cc(-c2n[nH]c3cc(NC(=O)NC(CCO)C4CCCCC4)ncc23)ccn1. The molecule has 3 heterocycles. The smallest absolute Gasteiger partial charge is 0.320 e. The molecule has 1 aliphatic carbocycles. The quantitative estimate of drug-likeness (QED) is 0.495. The van der Waals surface area contributed by atoms with Crippen LogP contribution in [0.4, 0.5) is 10.6 Å². The van der Waals surface area contributed by atoms with Crippen LogP contribution in [0.15, 0.2) is 30.6 Å². The van der Waals surface area contributed by atoms with Gasteiger partial charge in [-0.25, -0.2) is 9.78 Å². The standard InChI is InChI=1S/C22H28N6O2/c1-14-11-16(7-9-23-14)21-17-13-24-20(12-19(17)27-28-21)26-22(30)25-18(8-10-29)15-5-3-2-4-6-15/h7,9,11-13,15,18,29H,2-6,8,10H2,1H3,(H,27,28)(H2,24,25,26,30). The molecule has 0 radical (unpaired) electrons. The van der Waals surface area contributed by atoms with Gasteiger partial charge >= 0.3 is 6.03 Å². The van der Waals surface area contributed by atoms with Crippen LogP contribution in [0, 0.1) is 12.8 Å². The van der Waals surface area contributed by atoms with E-state index in [4.69, 9.17) is 0 Å². The van der Waals surface area contributed by atoms with Gasteiger partial charge in [-0.3, -0.25) is 15.4 Å². The third-order valence-electron chi connectivity index (χ3n) is 5.83. The highest BCUT2D eigenvalue weighted by Crippen LogP contribution is 2.28. The van der Waals surface area contributed by atoms with Gasteiger partial charge in [-0.2, -0.15) is 5.10 Å². The molecule has 0 aromatic carbocycles. The number of aromatic nitrogens is 4. The van der Waals surface area contributed by atoms with Crippen LogP contribution < -0.4 is 10.6 Å². The van der Waals surface area contributed by atoms with Crippen molar-refractivity contribution in [3.63, 3.8) is 0 Å². The Bertz CT molecular complexity index is 1010. The molecule has 3 aromatic heterocycles. The maximum absolute atomic E-state index is 12.6. The number of aromatic amines is 1. The number of anilines is 1. The zero-order valence-corrected chi connectivity index (χ0v) is 17.2. The molecule has 1 atom stereocenters. The van der Waals surface area contributed by atoms with Crippen LogP contribution in [-0.4, -0.2) is 44.0 Å². The summed E-state index contributed by atoms with van der Waals surface area (Å²) in [7, 11) is 0. The lowest BCUT2D eigenvalue weighted by atomic mass is 9.83. The van der Waals surface area contributed by atoms with Crippen LogP contribution in [-0.2, 0) is 0 Å². The Morgan fingerprint density at radius 1 is 1.27 bits per heavy atom. The molecular formula is C22H28N6O2. The molecule has 0 aliphatic heterocycles. The summed E-state index contributed by atoms with van der Waals surface area (Å²) >= 11 is 0. The summed E-state index contributed by atoms with van der Waals surface area (Å²) in [6.07, 6.45) is 9.87. The van der Waals surface area contributed by atoms with Crippen LogP contribution in [0.1, 0.15) is 44.2 Å². The molecule has 4 rings (SSSR count). The van der Waals surface area contributed by atoms with E-state index in [1.807, 2.05) is 19.1 Å². The average Bonchev–Trinajstić information content (AvgIpc) is 3.17. The van der Waals surface area contributed by atoms with Crippen LogP contribution in [0.2, 0.25) is 0 Å². The van der Waals surface area contributed by atoms with Crippen molar-refractivity contribution in [2.75, 3.05) is 11.9 Å². The highest BCUT2D eigenvalue weighted by molar-refractivity contribution is 5.95. The highest BCUT2D eigenvalue weighted by atomic mass is 16.3. The van der Waals surface area contributed by atoms with Crippen LogP contribution in [0.5, 0.6) is 0 Å². The fourth-order valence-electron chi connectivity index (χ4n) is 4.32. The minimum absolute atomic E-state index is 0.0206. The Morgan fingerprint density at radius 2 is 2.10 bits per heavy atom. The molecule has 1 fully saturated rings. The first kappa shape index (κ1) is 20.3. The van der Waals surface area contributed by atoms with E-state index in [0.29, 0.717) is 18.2 Å². The second kappa shape index (κ2) is 9.21. The molecule has 1 saturated carbocycles. The van der Waals surface area contributed by atoms with Gasteiger partial charge in [-0.1, -0.05) is 19.3 Å². The van der Waals surface area contributed by atoms with E-state index in [1.54, 1.807) is 18.5 Å². The van der Waals surface area contributed by atoms with Crippen molar-refractivity contribution < 1.29 is 9.90 Å². The van der Waals surface area contributed by atoms with Crippen molar-refractivity contribution >= 4 is 22.8 Å². The Kier molecular flexibility index (Phi) is 6.23. The first-order valence-corrected chi connectivity index (χ1v) is 10.6. The third kappa shape index (κ3) is 4.59. The fraction of sp³-hybridized carbons (Fsp3) is 0.455. The number of aryl methyl sites for hydroxylation is 1. The summed E-state index contributed by atoms with van der Waals surface area (Å²) in [5, 5.41) is 23.6. The number of H-pyrrole nitrogens is 1. The first-order chi connectivity index (χ1) is 14.6. The number of amides is 2. The molecule has 2 amide bonds. The highest BCUT2D eigenvalue weighted by Gasteiger charge is 2.25. The Labute approximate surface area is 175 Å². The van der Waals surface area contributed by atoms with E-state index in [2.05, 4.69) is 30.8 Å². The number of hydrogen-bond acceptors (Lipinski definition) is 5. The number of pyridine rings is 2. The van der Waals surface area contributed by atoms with E-state index in [9.17, 15) is 9.90 Å². The third-order valence-corrected chi connectivity index (χ3v) is 5.83. The number of hydrogen-bond donors (Lipinski definition) is 4. The largest absolute Gasteiger partial charge is 0.396 e. The maximum atomic E-state index is 12.6. The molecule has 158 valence electrons. The van der Waals surface area contributed by atoms with E-state index in [-0.39, 0.29) is 18.7 Å². The molecule has 30 heavy (non-hydrogen) atoms. The molecule has 8 heteroatoms. The normalized spacial score (nSPS) is 15.8. The van der Waals surface area contributed by atoms with Crippen LogP contribution in [0.25, 0.3) is 22.2 Å². The molecule has 1 aliphatic rings. The predicted octanol–water partition coefficient (Wildman–Crippen LogP) is 3.78. The minimum Gasteiger partial charge on any atom is -0.396 e. The number of rotatable bonds is 6. The fourth-order valence-corrected chi connectivity index (χ4v) is 4.32. The molecule has 0 saturated heterocycles. The zero-order chi connectivity index (χ0) is 20.9. The molecule has 0 spiro atoms. The van der Waals surface area contributed by atoms with Gasteiger partial charge in [-0.05, 0) is 44.2 Å². The van der Waals surface area contributed by atoms with Crippen LogP contribution >= 0.6 is 0 Å². The number of aliphatic hydroxyl groups excluding tert-OH is 1. The van der Waals surface area contributed by atoms with E-state index < -0.39 is 0 Å². The summed E-state index contributed by atoms with van der Waals surface area (Å²) in [5.41, 5.74) is 3.48. The van der Waals surface area contributed by atoms with Gasteiger partial charge in [-0.15, -0.1) is 0 Å². The Balaban J connectivity index is 1.46. The van der Waals surface area contributed by atoms with Crippen LogP contribution in [0.3, 0.4) is 0 Å². The number of urea groups is 1. The van der Waals surface area contributed by atoms with E-state index in [1.165, 1.54) is 19.3 Å². The first-order valence-electron chi connectivity index (χ1n) is 10.6. The lowest BCUT2D eigenvalue weighted by Gasteiger charge is -2.30. The summed E-state index contributed by atoms with van der Waals surface area (Å²) < 4.78 is 0. The van der Waals surface area contributed by atoms with Crippen molar-refractivity contribution in [1.82, 2.24) is 25.5 Å². The molecule has 4 N–H and O–H groups in total. The molecule has 1 unspecified atom stereocenters. The number of carbonyl (C=O) groups excluding carboxylic acids is 1. The Hall–Kier alpha value is -3.00. The zero-order valence-electron chi connectivity index (χ0n) is 17.2. The van der Waals surface area contributed by atoms with E-state index >= 15 is 0 Å². The van der Waals surface area contributed by atoms with E-state index in [0.717, 1.165) is 40.7 Å². The van der Waals surface area contributed by atoms with Gasteiger partial charge < -0.3 is 10.4 Å². The van der Waals surface area contributed by atoms with Gasteiger partial charge in [0, 0.05) is 47.8 Å². The molecule has 3 aromatic rings. The van der Waals surface area contributed by atoms with Crippen molar-refractivity contribution in [2.24, 2.45) is 5.92 Å². The summed E-state index contributed by atoms with van der Waals surface area (Å²) in [4.78, 5) is 21.2. The van der Waals surface area contributed by atoms with Crippen molar-refractivity contribution in [3.05, 3.63) is 36.3 Å². The summed E-state index contributed by atoms with van der Waals surface area (Å²) in [6.45, 7) is 2.01. The number of nitrogens with one attached hydrogen (secondary N) is 3. The average molecular weight is 409 g/mol. The van der Waals surface area contributed by atoms with Gasteiger partial charge in [0.25, 0.3) is 0 Å². The second-order valence-corrected chi connectivity index (χ2v) is 7.99. The van der Waals surface area contributed by atoms with Gasteiger partial charge in [0.1, 0.15) is 11.5 Å². The number of carbonyl (C=O) groups is 1. The molecule has 8 nitrogen and oxygen atoms in total. The minimum atomic E-state index is -0.296. The predicted molar refractivity (Wildman–Crippen MR) is 116 cm³/mol. The van der Waals surface area contributed by atoms with Gasteiger partial charge in [0.2, 0.25) is 0 Å². The maximum Gasteiger partial charge on any atom is 0.320 e. The van der Waals surface area contributed by atoms with Crippen molar-refractivity contribution in [1.29, 1.82) is 0 Å².